The van der Waals surface area contributed by atoms with Gasteiger partial charge in [-0.3, -0.25) is 4.79 Å². The van der Waals surface area contributed by atoms with Gasteiger partial charge in [-0.1, -0.05) is 0 Å². The molecule has 2 aromatic heterocycles. The van der Waals surface area contributed by atoms with Crippen LogP contribution in [0.15, 0.2) is 42.9 Å². The van der Waals surface area contributed by atoms with E-state index in [1.54, 1.807) is 30.3 Å². The van der Waals surface area contributed by atoms with Gasteiger partial charge in [-0.05, 0) is 56.4 Å². The zero-order valence-corrected chi connectivity index (χ0v) is 17.4. The second kappa shape index (κ2) is 8.22. The molecule has 3 aliphatic rings. The Balaban J connectivity index is 1.45. The highest BCUT2D eigenvalue weighted by atomic mass is 19.1. The summed E-state index contributed by atoms with van der Waals surface area (Å²) in [5.74, 6) is -1.12. The summed E-state index contributed by atoms with van der Waals surface area (Å²) >= 11 is 0. The van der Waals surface area contributed by atoms with Crippen molar-refractivity contribution in [2.45, 2.75) is 38.3 Å². The minimum absolute atomic E-state index is 0.152. The molecule has 2 saturated heterocycles. The lowest BCUT2D eigenvalue weighted by atomic mass is 9.77. The standard InChI is InChI=1S/C23H21F2N5O2/c1-13-11-28-22(20(25)29-13)32-19-9-14-3-6-18(19)30(12-14)23(31)16-5-4-15(24)10-17(16)21-26-7-2-8-27-21/h2,4-5,7-8,10-11,14,18-19H,3,6,9,12H2,1H3. The largest absolute Gasteiger partial charge is 0.469 e. The number of aryl methyl sites for hydroxylation is 1. The fourth-order valence-electron chi connectivity index (χ4n) is 4.63. The number of fused-ring (bicyclic) bond motifs is 3. The summed E-state index contributed by atoms with van der Waals surface area (Å²) in [6.07, 6.45) is 6.56. The van der Waals surface area contributed by atoms with Crippen molar-refractivity contribution in [3.63, 3.8) is 0 Å². The highest BCUT2D eigenvalue weighted by Gasteiger charge is 2.45. The maximum atomic E-state index is 14.2. The van der Waals surface area contributed by atoms with Crippen molar-refractivity contribution >= 4 is 5.91 Å². The van der Waals surface area contributed by atoms with Crippen molar-refractivity contribution in [2.75, 3.05) is 6.54 Å². The smallest absolute Gasteiger partial charge is 0.275 e. The van der Waals surface area contributed by atoms with E-state index in [9.17, 15) is 13.6 Å². The van der Waals surface area contributed by atoms with Crippen LogP contribution in [0, 0.1) is 24.6 Å². The molecule has 1 amide bonds. The van der Waals surface area contributed by atoms with Gasteiger partial charge < -0.3 is 9.64 Å². The van der Waals surface area contributed by atoms with Crippen molar-refractivity contribution in [3.05, 3.63) is 65.9 Å². The summed E-state index contributed by atoms with van der Waals surface area (Å²) < 4.78 is 34.1. The van der Waals surface area contributed by atoms with Crippen LogP contribution in [-0.4, -0.2) is 49.4 Å². The molecule has 6 rings (SSSR count). The van der Waals surface area contributed by atoms with E-state index in [-0.39, 0.29) is 29.6 Å². The Labute approximate surface area is 183 Å². The molecule has 1 saturated carbocycles. The van der Waals surface area contributed by atoms with Gasteiger partial charge in [0, 0.05) is 24.5 Å². The van der Waals surface area contributed by atoms with E-state index in [1.165, 1.54) is 24.4 Å². The van der Waals surface area contributed by atoms with Crippen molar-refractivity contribution in [1.29, 1.82) is 0 Å². The first kappa shape index (κ1) is 20.4. The summed E-state index contributed by atoms with van der Waals surface area (Å²) in [7, 11) is 0. The summed E-state index contributed by atoms with van der Waals surface area (Å²) in [5, 5.41) is 0. The Morgan fingerprint density at radius 2 is 1.97 bits per heavy atom. The molecule has 1 aliphatic carbocycles. The van der Waals surface area contributed by atoms with Gasteiger partial charge in [0.25, 0.3) is 17.7 Å². The van der Waals surface area contributed by atoms with Crippen LogP contribution in [0.2, 0.25) is 0 Å². The van der Waals surface area contributed by atoms with Gasteiger partial charge in [-0.15, -0.1) is 0 Å². The molecule has 1 aromatic carbocycles. The van der Waals surface area contributed by atoms with E-state index in [0.29, 0.717) is 29.8 Å². The molecule has 2 bridgehead atoms. The highest BCUT2D eigenvalue weighted by Crippen LogP contribution is 2.38. The number of hydrogen-bond donors (Lipinski definition) is 0. The van der Waals surface area contributed by atoms with Crippen LogP contribution < -0.4 is 4.74 Å². The van der Waals surface area contributed by atoms with Gasteiger partial charge in [0.05, 0.1) is 23.5 Å². The van der Waals surface area contributed by atoms with E-state index >= 15 is 0 Å². The SMILES string of the molecule is Cc1cnc(OC2CC3CCC2N(C(=O)c2ccc(F)cc2-c2ncccn2)C3)c(F)n1. The molecule has 4 heterocycles. The number of nitrogens with zero attached hydrogens (tertiary/aromatic N) is 5. The Morgan fingerprint density at radius 1 is 1.16 bits per heavy atom. The third-order valence-electron chi connectivity index (χ3n) is 6.08. The van der Waals surface area contributed by atoms with Crippen LogP contribution >= 0.6 is 0 Å². The summed E-state index contributed by atoms with van der Waals surface area (Å²) in [6, 6.07) is 5.41. The zero-order valence-electron chi connectivity index (χ0n) is 17.4. The number of amides is 1. The van der Waals surface area contributed by atoms with Crippen molar-refractivity contribution in [1.82, 2.24) is 24.8 Å². The average molecular weight is 437 g/mol. The first-order valence-electron chi connectivity index (χ1n) is 10.5. The molecule has 2 aliphatic heterocycles. The van der Waals surface area contributed by atoms with Crippen LogP contribution in [-0.2, 0) is 0 Å². The highest BCUT2D eigenvalue weighted by molar-refractivity contribution is 6.00. The fraction of sp³-hybridized carbons (Fsp3) is 0.348. The van der Waals surface area contributed by atoms with E-state index < -0.39 is 17.9 Å². The van der Waals surface area contributed by atoms with Gasteiger partial charge in [0.2, 0.25) is 0 Å². The lowest BCUT2D eigenvalue weighted by molar-refractivity contribution is -0.0329. The third kappa shape index (κ3) is 3.79. The van der Waals surface area contributed by atoms with Crippen LogP contribution in [0.3, 0.4) is 0 Å². The predicted octanol–water partition coefficient (Wildman–Crippen LogP) is 3.59. The van der Waals surface area contributed by atoms with Crippen molar-refractivity contribution in [2.24, 2.45) is 5.92 Å². The van der Waals surface area contributed by atoms with Gasteiger partial charge in [-0.25, -0.2) is 24.3 Å². The Morgan fingerprint density at radius 3 is 2.72 bits per heavy atom. The van der Waals surface area contributed by atoms with Gasteiger partial charge >= 0.3 is 0 Å². The lowest BCUT2D eigenvalue weighted by Crippen LogP contribution is -2.59. The maximum Gasteiger partial charge on any atom is 0.275 e. The van der Waals surface area contributed by atoms with Crippen LogP contribution in [0.25, 0.3) is 11.4 Å². The van der Waals surface area contributed by atoms with Gasteiger partial charge in [-0.2, -0.15) is 4.39 Å². The molecule has 0 spiro atoms. The Hall–Kier alpha value is -3.49. The van der Waals surface area contributed by atoms with Gasteiger partial charge in [0.15, 0.2) is 5.82 Å². The second-order valence-corrected chi connectivity index (χ2v) is 8.23. The molecular weight excluding hydrogens is 416 g/mol. The zero-order chi connectivity index (χ0) is 22.2. The van der Waals surface area contributed by atoms with Crippen molar-refractivity contribution < 1.29 is 18.3 Å². The molecule has 3 fully saturated rings. The molecule has 3 unspecified atom stereocenters. The monoisotopic (exact) mass is 437 g/mol. The lowest BCUT2D eigenvalue weighted by Gasteiger charge is -2.49. The number of benzene rings is 1. The topological polar surface area (TPSA) is 81.1 Å². The molecule has 32 heavy (non-hydrogen) atoms. The van der Waals surface area contributed by atoms with E-state index in [2.05, 4.69) is 19.9 Å². The van der Waals surface area contributed by atoms with Gasteiger partial charge in [0.1, 0.15) is 11.9 Å². The Bertz CT molecular complexity index is 1160. The maximum absolute atomic E-state index is 14.2. The molecule has 7 nitrogen and oxygen atoms in total. The number of carbonyl (C=O) groups is 1. The fourth-order valence-corrected chi connectivity index (χ4v) is 4.63. The normalized spacial score (nSPS) is 22.1. The predicted molar refractivity (Wildman–Crippen MR) is 111 cm³/mol. The summed E-state index contributed by atoms with van der Waals surface area (Å²) in [6.45, 7) is 2.22. The van der Waals surface area contributed by atoms with E-state index in [0.717, 1.165) is 12.8 Å². The molecule has 0 N–H and O–H groups in total. The summed E-state index contributed by atoms with van der Waals surface area (Å²) in [5.41, 5.74) is 1.12. The average Bonchev–Trinajstić information content (AvgIpc) is 2.81. The number of aromatic nitrogens is 4. The number of piperidine rings is 2. The molecular formula is C23H21F2N5O2. The van der Waals surface area contributed by atoms with Crippen molar-refractivity contribution in [3.8, 4) is 17.3 Å². The van der Waals surface area contributed by atoms with Crippen LogP contribution in [0.5, 0.6) is 5.88 Å². The summed E-state index contributed by atoms with van der Waals surface area (Å²) in [4.78, 5) is 31.5. The number of rotatable bonds is 4. The third-order valence-corrected chi connectivity index (χ3v) is 6.08. The van der Waals surface area contributed by atoms with E-state index in [1.807, 2.05) is 0 Å². The number of carbonyl (C=O) groups excluding carboxylic acids is 1. The second-order valence-electron chi connectivity index (χ2n) is 8.23. The van der Waals surface area contributed by atoms with Crippen LogP contribution in [0.4, 0.5) is 8.78 Å². The minimum Gasteiger partial charge on any atom is -0.469 e. The first-order chi connectivity index (χ1) is 15.5. The molecule has 3 aromatic rings. The molecule has 0 radical (unpaired) electrons. The van der Waals surface area contributed by atoms with E-state index in [4.69, 9.17) is 4.74 Å². The number of halogens is 2. The molecule has 164 valence electrons. The number of ether oxygens (including phenoxy) is 1. The quantitative estimate of drug-likeness (QED) is 0.621. The minimum atomic E-state index is -0.758. The molecule has 3 atom stereocenters. The number of hydrogen-bond acceptors (Lipinski definition) is 6. The Kier molecular flexibility index (Phi) is 5.24. The first-order valence-corrected chi connectivity index (χ1v) is 10.5. The van der Waals surface area contributed by atoms with Crippen LogP contribution in [0.1, 0.15) is 35.3 Å². The molecule has 9 heteroatoms.